The number of carbonyl (C=O) groups excluding carboxylic acids is 1. The zero-order valence-corrected chi connectivity index (χ0v) is 19.6. The second kappa shape index (κ2) is 10.8. The molecule has 2 aromatic rings. The first kappa shape index (κ1) is 24.1. The third-order valence-electron chi connectivity index (χ3n) is 4.64. The van der Waals surface area contributed by atoms with Crippen molar-refractivity contribution >= 4 is 45.7 Å². The van der Waals surface area contributed by atoms with Gasteiger partial charge in [-0.3, -0.25) is 9.79 Å². The molecular formula is C19H24FIN4O4S. The molecule has 1 amide bonds. The first-order valence-corrected chi connectivity index (χ1v) is 10.8. The van der Waals surface area contributed by atoms with E-state index >= 15 is 0 Å². The SMILES string of the molecule is CN=C(NCCS(=O)(=O)c1ccccc1F)N1CCN(C(=O)c2ccco2)CC1.I. The third-order valence-corrected chi connectivity index (χ3v) is 6.38. The lowest BCUT2D eigenvalue weighted by Crippen LogP contribution is -2.54. The van der Waals surface area contributed by atoms with Crippen LogP contribution in [-0.4, -0.2) is 75.6 Å². The Balaban J connectivity index is 0.00000320. The standard InChI is InChI=1S/C19H23FN4O4S.HI/c1-21-19(22-8-14-29(26,27)17-7-3-2-5-15(17)20)24-11-9-23(10-12-24)18(25)16-6-4-13-28-16;/h2-7,13H,8-12,14H2,1H3,(H,21,22);1H. The van der Waals surface area contributed by atoms with Crippen molar-refractivity contribution in [1.29, 1.82) is 0 Å². The monoisotopic (exact) mass is 550 g/mol. The molecule has 0 atom stereocenters. The number of halogens is 2. The van der Waals surface area contributed by atoms with E-state index in [-0.39, 0.29) is 47.1 Å². The van der Waals surface area contributed by atoms with Crippen molar-refractivity contribution in [2.45, 2.75) is 4.90 Å². The van der Waals surface area contributed by atoms with Gasteiger partial charge in [0.05, 0.1) is 12.0 Å². The third kappa shape index (κ3) is 5.72. The minimum absolute atomic E-state index is 0. The van der Waals surface area contributed by atoms with Gasteiger partial charge in [-0.05, 0) is 24.3 Å². The minimum Gasteiger partial charge on any atom is -0.459 e. The lowest BCUT2D eigenvalue weighted by atomic mass is 10.3. The lowest BCUT2D eigenvalue weighted by Gasteiger charge is -2.36. The Hall–Kier alpha value is -2.15. The molecule has 30 heavy (non-hydrogen) atoms. The number of carbonyl (C=O) groups is 1. The van der Waals surface area contributed by atoms with Gasteiger partial charge in [0, 0.05) is 39.8 Å². The Labute approximate surface area is 192 Å². The maximum absolute atomic E-state index is 13.8. The highest BCUT2D eigenvalue weighted by atomic mass is 127. The predicted octanol–water partition coefficient (Wildman–Crippen LogP) is 1.84. The van der Waals surface area contributed by atoms with Crippen LogP contribution in [0.15, 0.2) is 57.0 Å². The number of hydrogen-bond acceptors (Lipinski definition) is 5. The number of furan rings is 1. The number of guanidine groups is 1. The second-order valence-electron chi connectivity index (χ2n) is 6.48. The van der Waals surface area contributed by atoms with Gasteiger partial charge in [0.1, 0.15) is 10.7 Å². The van der Waals surface area contributed by atoms with Crippen LogP contribution in [0.3, 0.4) is 0 Å². The minimum atomic E-state index is -3.75. The van der Waals surface area contributed by atoms with E-state index in [1.165, 1.54) is 24.5 Å². The molecule has 2 heterocycles. The molecule has 11 heteroatoms. The summed E-state index contributed by atoms with van der Waals surface area (Å²) in [6.45, 7) is 2.18. The van der Waals surface area contributed by atoms with E-state index in [4.69, 9.17) is 4.42 Å². The molecule has 0 unspecified atom stereocenters. The largest absolute Gasteiger partial charge is 0.459 e. The van der Waals surface area contributed by atoms with Crippen LogP contribution in [0, 0.1) is 5.82 Å². The zero-order valence-electron chi connectivity index (χ0n) is 16.5. The zero-order chi connectivity index (χ0) is 20.9. The van der Waals surface area contributed by atoms with Crippen molar-refractivity contribution in [3.63, 3.8) is 0 Å². The fraction of sp³-hybridized carbons (Fsp3) is 0.368. The number of sulfone groups is 1. The number of rotatable bonds is 5. The van der Waals surface area contributed by atoms with Crippen molar-refractivity contribution < 1.29 is 22.0 Å². The molecule has 1 aliphatic heterocycles. The predicted molar refractivity (Wildman–Crippen MR) is 121 cm³/mol. The van der Waals surface area contributed by atoms with Gasteiger partial charge in [-0.15, -0.1) is 24.0 Å². The van der Waals surface area contributed by atoms with Crippen molar-refractivity contribution in [3.05, 3.63) is 54.2 Å². The average molecular weight is 550 g/mol. The Morgan fingerprint density at radius 2 is 1.80 bits per heavy atom. The molecule has 1 aromatic carbocycles. The Morgan fingerprint density at radius 3 is 2.40 bits per heavy atom. The first-order chi connectivity index (χ1) is 13.9. The van der Waals surface area contributed by atoms with Crippen LogP contribution >= 0.6 is 24.0 Å². The van der Waals surface area contributed by atoms with Crippen LogP contribution < -0.4 is 5.32 Å². The smallest absolute Gasteiger partial charge is 0.289 e. The highest BCUT2D eigenvalue weighted by Gasteiger charge is 2.25. The van der Waals surface area contributed by atoms with Crippen LogP contribution in [0.1, 0.15) is 10.6 Å². The topological polar surface area (TPSA) is 95.2 Å². The molecule has 0 radical (unpaired) electrons. The van der Waals surface area contributed by atoms with Gasteiger partial charge in [-0.25, -0.2) is 12.8 Å². The van der Waals surface area contributed by atoms with Crippen LogP contribution in [0.25, 0.3) is 0 Å². The summed E-state index contributed by atoms with van der Waals surface area (Å²) >= 11 is 0. The summed E-state index contributed by atoms with van der Waals surface area (Å²) in [5, 5.41) is 3.01. The van der Waals surface area contributed by atoms with E-state index in [1.807, 2.05) is 4.90 Å². The number of hydrogen-bond donors (Lipinski definition) is 1. The number of aliphatic imine (C=N–C) groups is 1. The van der Waals surface area contributed by atoms with Crippen molar-refractivity contribution in [2.75, 3.05) is 45.5 Å². The van der Waals surface area contributed by atoms with Crippen LogP contribution in [0.4, 0.5) is 4.39 Å². The summed E-state index contributed by atoms with van der Waals surface area (Å²) in [6.07, 6.45) is 1.46. The molecule has 0 spiro atoms. The van der Waals surface area contributed by atoms with E-state index < -0.39 is 15.7 Å². The molecule has 1 aliphatic rings. The Kier molecular flexibility index (Phi) is 8.65. The molecule has 0 saturated carbocycles. The molecule has 0 bridgehead atoms. The number of benzene rings is 1. The summed E-state index contributed by atoms with van der Waals surface area (Å²) in [7, 11) is -2.14. The second-order valence-corrected chi connectivity index (χ2v) is 8.56. The molecule has 8 nitrogen and oxygen atoms in total. The van der Waals surface area contributed by atoms with Gasteiger partial charge in [-0.2, -0.15) is 0 Å². The quantitative estimate of drug-likeness (QED) is 0.347. The van der Waals surface area contributed by atoms with Crippen molar-refractivity contribution in [3.8, 4) is 0 Å². The van der Waals surface area contributed by atoms with Gasteiger partial charge in [-0.1, -0.05) is 12.1 Å². The van der Waals surface area contributed by atoms with Crippen molar-refractivity contribution in [1.82, 2.24) is 15.1 Å². The van der Waals surface area contributed by atoms with Gasteiger partial charge in [0.2, 0.25) is 0 Å². The fourth-order valence-corrected chi connectivity index (χ4v) is 4.36. The van der Waals surface area contributed by atoms with Gasteiger partial charge >= 0.3 is 0 Å². The fourth-order valence-electron chi connectivity index (χ4n) is 3.11. The molecule has 1 saturated heterocycles. The molecule has 164 valence electrons. The van der Waals surface area contributed by atoms with E-state index in [0.29, 0.717) is 37.9 Å². The Bertz CT molecular complexity index is 974. The van der Waals surface area contributed by atoms with E-state index in [9.17, 15) is 17.6 Å². The normalized spacial score (nSPS) is 14.9. The summed E-state index contributed by atoms with van der Waals surface area (Å²) in [6, 6.07) is 8.63. The van der Waals surface area contributed by atoms with Crippen LogP contribution in [0.2, 0.25) is 0 Å². The summed E-state index contributed by atoms with van der Waals surface area (Å²) in [5.41, 5.74) is 0. The number of amides is 1. The molecule has 1 fully saturated rings. The molecule has 3 rings (SSSR count). The summed E-state index contributed by atoms with van der Waals surface area (Å²) in [4.78, 5) is 19.8. The lowest BCUT2D eigenvalue weighted by molar-refractivity contribution is 0.0658. The highest BCUT2D eigenvalue weighted by Crippen LogP contribution is 2.15. The van der Waals surface area contributed by atoms with Gasteiger partial charge < -0.3 is 19.5 Å². The number of nitrogens with one attached hydrogen (secondary N) is 1. The summed E-state index contributed by atoms with van der Waals surface area (Å²) < 4.78 is 43.6. The maximum atomic E-state index is 13.8. The van der Waals surface area contributed by atoms with Crippen molar-refractivity contribution in [2.24, 2.45) is 4.99 Å². The highest BCUT2D eigenvalue weighted by molar-refractivity contribution is 14.0. The van der Waals surface area contributed by atoms with Gasteiger partial charge in [0.15, 0.2) is 21.6 Å². The van der Waals surface area contributed by atoms with E-state index in [0.717, 1.165) is 6.07 Å². The summed E-state index contributed by atoms with van der Waals surface area (Å²) in [5.74, 6) is -0.329. The first-order valence-electron chi connectivity index (χ1n) is 9.18. The number of nitrogens with zero attached hydrogens (tertiary/aromatic N) is 3. The van der Waals surface area contributed by atoms with Crippen LogP contribution in [-0.2, 0) is 9.84 Å². The Morgan fingerprint density at radius 1 is 1.13 bits per heavy atom. The maximum Gasteiger partial charge on any atom is 0.289 e. The molecular weight excluding hydrogens is 526 g/mol. The molecule has 0 aliphatic carbocycles. The van der Waals surface area contributed by atoms with Crippen LogP contribution in [0.5, 0.6) is 0 Å². The van der Waals surface area contributed by atoms with E-state index in [1.54, 1.807) is 24.1 Å². The average Bonchev–Trinajstić information content (AvgIpc) is 3.26. The number of piperazine rings is 1. The van der Waals surface area contributed by atoms with E-state index in [2.05, 4.69) is 10.3 Å². The van der Waals surface area contributed by atoms with Gasteiger partial charge in [0.25, 0.3) is 5.91 Å². The molecule has 1 N–H and O–H groups in total. The molecule has 1 aromatic heterocycles.